The van der Waals surface area contributed by atoms with Crippen molar-refractivity contribution in [1.82, 2.24) is 20.2 Å². The van der Waals surface area contributed by atoms with Crippen LogP contribution in [-0.2, 0) is 13.1 Å². The zero-order chi connectivity index (χ0) is 25.5. The minimum atomic E-state index is -0.178. The van der Waals surface area contributed by atoms with Crippen molar-refractivity contribution in [3.8, 4) is 16.9 Å². The lowest BCUT2D eigenvalue weighted by molar-refractivity contribution is 0.0945. The van der Waals surface area contributed by atoms with Crippen molar-refractivity contribution in [2.45, 2.75) is 32.0 Å². The Labute approximate surface area is 217 Å². The minimum absolute atomic E-state index is 0.0469. The van der Waals surface area contributed by atoms with Crippen molar-refractivity contribution in [2.75, 3.05) is 19.8 Å². The number of hydrogen-bond donors (Lipinski definition) is 3. The molecule has 0 aliphatic carbocycles. The highest BCUT2D eigenvalue weighted by Gasteiger charge is 2.26. The number of nitrogens with one attached hydrogen (secondary N) is 2. The number of aliphatic hydroxyl groups excluding tert-OH is 1. The number of carbonyl (C=O) groups is 1. The average molecular weight is 497 g/mol. The van der Waals surface area contributed by atoms with Crippen LogP contribution in [0, 0.1) is 0 Å². The molecule has 4 aromatic rings. The molecule has 0 radical (unpaired) electrons. The van der Waals surface area contributed by atoms with Gasteiger partial charge in [0.1, 0.15) is 5.75 Å². The molecule has 1 amide bonds. The fourth-order valence-electron chi connectivity index (χ4n) is 4.69. The smallest absolute Gasteiger partial charge is 0.255 e. The summed E-state index contributed by atoms with van der Waals surface area (Å²) in [6.07, 6.45) is 5.11. The van der Waals surface area contributed by atoms with Gasteiger partial charge < -0.3 is 25.0 Å². The summed E-state index contributed by atoms with van der Waals surface area (Å²) in [5.74, 6) is 0.460. The molecule has 5 rings (SSSR count). The minimum Gasteiger partial charge on any atom is -0.492 e. The van der Waals surface area contributed by atoms with Gasteiger partial charge >= 0.3 is 0 Å². The maximum atomic E-state index is 12.7. The van der Waals surface area contributed by atoms with Crippen LogP contribution in [0.25, 0.3) is 11.1 Å². The van der Waals surface area contributed by atoms with Crippen LogP contribution in [0.1, 0.15) is 46.1 Å². The van der Waals surface area contributed by atoms with Gasteiger partial charge in [0.25, 0.3) is 5.91 Å². The van der Waals surface area contributed by atoms with Crippen molar-refractivity contribution >= 4 is 5.91 Å². The van der Waals surface area contributed by atoms with Gasteiger partial charge in [0.15, 0.2) is 0 Å². The zero-order valence-electron chi connectivity index (χ0n) is 20.8. The second kappa shape index (κ2) is 11.9. The summed E-state index contributed by atoms with van der Waals surface area (Å²) in [6.45, 7) is 2.41. The van der Waals surface area contributed by atoms with Gasteiger partial charge in [-0.2, -0.15) is 0 Å². The monoisotopic (exact) mass is 496 g/mol. The van der Waals surface area contributed by atoms with Gasteiger partial charge in [0, 0.05) is 50.5 Å². The largest absolute Gasteiger partial charge is 0.492 e. The van der Waals surface area contributed by atoms with Crippen molar-refractivity contribution in [3.63, 3.8) is 0 Å². The first-order valence-electron chi connectivity index (χ1n) is 12.7. The molecular weight excluding hydrogens is 464 g/mol. The molecule has 0 bridgehead atoms. The SMILES string of the molecule is O=C(NCCCO)c1cccc2c1OCCC2NCc1cncn1Cc1ccc(-c2ccccc2)cc1. The molecule has 0 fully saturated rings. The molecule has 1 unspecified atom stereocenters. The zero-order valence-corrected chi connectivity index (χ0v) is 20.8. The van der Waals surface area contributed by atoms with E-state index in [1.807, 2.05) is 30.7 Å². The molecule has 7 nitrogen and oxygen atoms in total. The normalized spacial score (nSPS) is 14.6. The van der Waals surface area contributed by atoms with Gasteiger partial charge in [0.05, 0.1) is 24.2 Å². The second-order valence-electron chi connectivity index (χ2n) is 9.20. The topological polar surface area (TPSA) is 88.4 Å². The summed E-state index contributed by atoms with van der Waals surface area (Å²) >= 11 is 0. The predicted octanol–water partition coefficient (Wildman–Crippen LogP) is 4.32. The summed E-state index contributed by atoms with van der Waals surface area (Å²) in [7, 11) is 0. The van der Waals surface area contributed by atoms with E-state index in [0.29, 0.717) is 37.4 Å². The lowest BCUT2D eigenvalue weighted by atomic mass is 9.97. The molecule has 0 saturated carbocycles. The standard InChI is InChI=1S/C30H32N4O3/c35-16-5-15-32-30(36)27-9-4-8-26-28(14-17-37-29(26)27)33-19-25-18-31-21-34(25)20-22-10-12-24(13-11-22)23-6-2-1-3-7-23/h1-4,6-13,18,21,28,33,35H,5,14-17,19-20H2,(H,32,36). The summed E-state index contributed by atoms with van der Waals surface area (Å²) in [5.41, 5.74) is 6.25. The number of amides is 1. The fourth-order valence-corrected chi connectivity index (χ4v) is 4.69. The number of para-hydroxylation sites is 1. The van der Waals surface area contributed by atoms with Crippen molar-refractivity contribution < 1.29 is 14.6 Å². The first kappa shape index (κ1) is 24.7. The van der Waals surface area contributed by atoms with E-state index in [1.54, 1.807) is 6.07 Å². The van der Waals surface area contributed by atoms with Gasteiger partial charge in [-0.25, -0.2) is 4.98 Å². The number of aliphatic hydroxyl groups is 1. The Hall–Kier alpha value is -3.94. The number of imidazole rings is 1. The molecule has 0 spiro atoms. The maximum absolute atomic E-state index is 12.7. The number of hydrogen-bond acceptors (Lipinski definition) is 5. The molecule has 3 N–H and O–H groups in total. The van der Waals surface area contributed by atoms with Crippen molar-refractivity contribution in [3.05, 3.63) is 108 Å². The van der Waals surface area contributed by atoms with Gasteiger partial charge in [-0.05, 0) is 29.2 Å². The second-order valence-corrected chi connectivity index (χ2v) is 9.20. The number of nitrogens with zero attached hydrogens (tertiary/aromatic N) is 2. The van der Waals surface area contributed by atoms with E-state index in [1.165, 1.54) is 16.7 Å². The maximum Gasteiger partial charge on any atom is 0.255 e. The number of carbonyl (C=O) groups excluding carboxylic acids is 1. The third kappa shape index (κ3) is 5.90. The van der Waals surface area contributed by atoms with Crippen molar-refractivity contribution in [2.24, 2.45) is 0 Å². The van der Waals surface area contributed by atoms with Crippen LogP contribution >= 0.6 is 0 Å². The van der Waals surface area contributed by atoms with E-state index in [0.717, 1.165) is 24.2 Å². The van der Waals surface area contributed by atoms with Crippen LogP contribution in [0.5, 0.6) is 5.75 Å². The van der Waals surface area contributed by atoms with Gasteiger partial charge in [0.2, 0.25) is 0 Å². The first-order chi connectivity index (χ1) is 18.2. The third-order valence-electron chi connectivity index (χ3n) is 6.68. The Balaban J connectivity index is 1.24. The van der Waals surface area contributed by atoms with Gasteiger partial charge in [-0.15, -0.1) is 0 Å². The molecule has 37 heavy (non-hydrogen) atoms. The number of rotatable bonds is 10. The van der Waals surface area contributed by atoms with Crippen LogP contribution in [-0.4, -0.2) is 40.3 Å². The number of ether oxygens (including phenoxy) is 1. The highest BCUT2D eigenvalue weighted by molar-refractivity contribution is 5.97. The summed E-state index contributed by atoms with van der Waals surface area (Å²) < 4.78 is 8.09. The molecule has 0 saturated heterocycles. The molecule has 1 atom stereocenters. The first-order valence-corrected chi connectivity index (χ1v) is 12.7. The third-order valence-corrected chi connectivity index (χ3v) is 6.68. The average Bonchev–Trinajstić information content (AvgIpc) is 3.39. The van der Waals surface area contributed by atoms with Crippen LogP contribution in [0.4, 0.5) is 0 Å². The Bertz CT molecular complexity index is 1320. The lowest BCUT2D eigenvalue weighted by Crippen LogP contribution is -2.30. The van der Waals surface area contributed by atoms with Gasteiger partial charge in [-0.3, -0.25) is 4.79 Å². The number of fused-ring (bicyclic) bond motifs is 1. The fraction of sp³-hybridized carbons (Fsp3) is 0.267. The van der Waals surface area contributed by atoms with E-state index in [9.17, 15) is 4.79 Å². The Morgan fingerprint density at radius 2 is 1.84 bits per heavy atom. The molecule has 3 aromatic carbocycles. The van der Waals surface area contributed by atoms with E-state index in [4.69, 9.17) is 9.84 Å². The van der Waals surface area contributed by atoms with Gasteiger partial charge in [-0.1, -0.05) is 66.7 Å². The Morgan fingerprint density at radius 1 is 1.03 bits per heavy atom. The van der Waals surface area contributed by atoms with Crippen molar-refractivity contribution in [1.29, 1.82) is 0 Å². The van der Waals surface area contributed by atoms with Crippen LogP contribution in [0.15, 0.2) is 85.3 Å². The molecule has 1 aromatic heterocycles. The molecular formula is C30H32N4O3. The van der Waals surface area contributed by atoms with Crippen LogP contribution in [0.2, 0.25) is 0 Å². The van der Waals surface area contributed by atoms with Crippen LogP contribution in [0.3, 0.4) is 0 Å². The highest BCUT2D eigenvalue weighted by atomic mass is 16.5. The van der Waals surface area contributed by atoms with E-state index in [2.05, 4.69) is 68.7 Å². The quantitative estimate of drug-likeness (QED) is 0.285. The van der Waals surface area contributed by atoms with E-state index in [-0.39, 0.29) is 18.6 Å². The Morgan fingerprint density at radius 3 is 2.65 bits per heavy atom. The molecule has 7 heteroatoms. The lowest BCUT2D eigenvalue weighted by Gasteiger charge is -2.28. The molecule has 190 valence electrons. The summed E-state index contributed by atoms with van der Waals surface area (Å²) in [6, 6.07) is 24.8. The summed E-state index contributed by atoms with van der Waals surface area (Å²) in [4.78, 5) is 17.0. The predicted molar refractivity (Wildman–Crippen MR) is 143 cm³/mol. The molecule has 2 heterocycles. The molecule has 1 aliphatic heterocycles. The van der Waals surface area contributed by atoms with E-state index < -0.39 is 0 Å². The Kier molecular flexibility index (Phi) is 7.93. The van der Waals surface area contributed by atoms with Crippen LogP contribution < -0.4 is 15.4 Å². The number of benzene rings is 3. The highest BCUT2D eigenvalue weighted by Crippen LogP contribution is 2.35. The molecule has 1 aliphatic rings. The summed E-state index contributed by atoms with van der Waals surface area (Å²) in [5, 5.41) is 15.5. The number of aromatic nitrogens is 2. The van der Waals surface area contributed by atoms with E-state index >= 15 is 0 Å².